The predicted octanol–water partition coefficient (Wildman–Crippen LogP) is 7.53. The van der Waals surface area contributed by atoms with E-state index >= 15 is 0 Å². The first-order valence-corrected chi connectivity index (χ1v) is 9.79. The summed E-state index contributed by atoms with van der Waals surface area (Å²) in [5.74, 6) is 0. The van der Waals surface area contributed by atoms with Gasteiger partial charge in [0, 0.05) is 0 Å². The number of hydrogen-bond acceptors (Lipinski definition) is 0. The monoisotopic (exact) mass is 316 g/mol. The number of hydrogen-bond donors (Lipinski definition) is 0. The van der Waals surface area contributed by atoms with Gasteiger partial charge in [-0.15, -0.1) is 0 Å². The molecule has 0 fully saturated rings. The second-order valence-corrected chi connectivity index (χ2v) is 8.58. The summed E-state index contributed by atoms with van der Waals surface area (Å²) in [5, 5.41) is 0. The van der Waals surface area contributed by atoms with Gasteiger partial charge in [0.2, 0.25) is 0 Å². The molecular formula is C23H40. The molecule has 0 aromatic heterocycles. The molecule has 0 atom stereocenters. The van der Waals surface area contributed by atoms with Crippen LogP contribution in [-0.2, 0) is 16.2 Å². The molecule has 0 saturated heterocycles. The fourth-order valence-corrected chi connectivity index (χ4v) is 3.70. The van der Waals surface area contributed by atoms with E-state index in [-0.39, 0.29) is 10.8 Å². The fraction of sp³-hybridized carbons (Fsp3) is 0.739. The van der Waals surface area contributed by atoms with Crippen LogP contribution in [0.1, 0.15) is 111 Å². The van der Waals surface area contributed by atoms with E-state index in [1.54, 1.807) is 11.1 Å². The minimum Gasteiger partial charge on any atom is -0.0646 e. The summed E-state index contributed by atoms with van der Waals surface area (Å²) in [4.78, 5) is 0. The molecule has 1 rings (SSSR count). The first-order chi connectivity index (χ1) is 10.6. The van der Waals surface area contributed by atoms with E-state index < -0.39 is 0 Å². The minimum absolute atomic E-state index is 0.236. The highest BCUT2D eigenvalue weighted by atomic mass is 14.4. The van der Waals surface area contributed by atoms with Gasteiger partial charge in [0.15, 0.2) is 0 Å². The smallest absolute Gasteiger partial charge is 0.00519 e. The van der Waals surface area contributed by atoms with Crippen molar-refractivity contribution in [2.75, 3.05) is 0 Å². The molecule has 0 radical (unpaired) electrons. The van der Waals surface area contributed by atoms with E-state index in [2.05, 4.69) is 80.5 Å². The molecule has 0 heterocycles. The Labute approximate surface area is 146 Å². The van der Waals surface area contributed by atoms with Crippen LogP contribution in [0.15, 0.2) is 18.2 Å². The SMILES string of the molecule is CCC(C)(C)c1ccc(C(CC)(CC)CC)c(C(C)(C)CC)c1. The zero-order valence-electron chi connectivity index (χ0n) is 17.3. The van der Waals surface area contributed by atoms with Gasteiger partial charge in [0.1, 0.15) is 0 Å². The van der Waals surface area contributed by atoms with Gasteiger partial charge in [-0.1, -0.05) is 80.5 Å². The quantitative estimate of drug-likeness (QED) is 0.465. The van der Waals surface area contributed by atoms with Crippen molar-refractivity contribution in [3.63, 3.8) is 0 Å². The Hall–Kier alpha value is -0.780. The Morgan fingerprint density at radius 1 is 0.609 bits per heavy atom. The summed E-state index contributed by atoms with van der Waals surface area (Å²) < 4.78 is 0. The fourth-order valence-electron chi connectivity index (χ4n) is 3.70. The van der Waals surface area contributed by atoms with E-state index in [1.165, 1.54) is 37.7 Å². The van der Waals surface area contributed by atoms with E-state index in [1.807, 2.05) is 0 Å². The zero-order valence-corrected chi connectivity index (χ0v) is 17.3. The van der Waals surface area contributed by atoms with Crippen LogP contribution in [0, 0.1) is 0 Å². The molecule has 0 heteroatoms. The van der Waals surface area contributed by atoms with Crippen LogP contribution in [-0.4, -0.2) is 0 Å². The van der Waals surface area contributed by atoms with E-state index in [0.29, 0.717) is 5.41 Å². The molecule has 0 amide bonds. The van der Waals surface area contributed by atoms with Gasteiger partial charge in [-0.25, -0.2) is 0 Å². The van der Waals surface area contributed by atoms with Crippen LogP contribution < -0.4 is 0 Å². The Morgan fingerprint density at radius 3 is 1.48 bits per heavy atom. The van der Waals surface area contributed by atoms with Crippen molar-refractivity contribution in [1.82, 2.24) is 0 Å². The maximum absolute atomic E-state index is 2.54. The van der Waals surface area contributed by atoms with E-state index in [9.17, 15) is 0 Å². The topological polar surface area (TPSA) is 0 Å². The van der Waals surface area contributed by atoms with Crippen LogP contribution in [0.3, 0.4) is 0 Å². The summed E-state index contributed by atoms with van der Waals surface area (Å²) in [7, 11) is 0. The summed E-state index contributed by atoms with van der Waals surface area (Å²) in [6, 6.07) is 7.41. The van der Waals surface area contributed by atoms with Gasteiger partial charge in [-0.2, -0.15) is 0 Å². The van der Waals surface area contributed by atoms with Crippen LogP contribution in [0.5, 0.6) is 0 Å². The van der Waals surface area contributed by atoms with Crippen molar-refractivity contribution in [3.8, 4) is 0 Å². The molecule has 0 aliphatic carbocycles. The maximum Gasteiger partial charge on any atom is -0.00519 e. The van der Waals surface area contributed by atoms with Crippen LogP contribution in [0.25, 0.3) is 0 Å². The Balaban J connectivity index is 3.66. The third-order valence-electron chi connectivity index (χ3n) is 6.90. The lowest BCUT2D eigenvalue weighted by atomic mass is 9.66. The molecule has 0 bridgehead atoms. The Morgan fingerprint density at radius 2 is 1.09 bits per heavy atom. The van der Waals surface area contributed by atoms with Gasteiger partial charge < -0.3 is 0 Å². The van der Waals surface area contributed by atoms with E-state index in [4.69, 9.17) is 0 Å². The average molecular weight is 317 g/mol. The van der Waals surface area contributed by atoms with Gasteiger partial charge >= 0.3 is 0 Å². The molecule has 0 saturated carbocycles. The Bertz CT molecular complexity index is 493. The van der Waals surface area contributed by atoms with Crippen molar-refractivity contribution in [2.45, 2.75) is 111 Å². The standard InChI is InChI=1S/C23H40/c1-10-21(6,7)18-15-16-19(23(12-3,13-4)14-5)20(17-18)22(8,9)11-2/h15-17H,10-14H2,1-9H3. The molecule has 0 nitrogen and oxygen atoms in total. The molecule has 132 valence electrons. The highest BCUT2D eigenvalue weighted by molar-refractivity contribution is 5.44. The summed E-state index contributed by atoms with van der Waals surface area (Å²) >= 11 is 0. The average Bonchev–Trinajstić information content (AvgIpc) is 2.57. The summed E-state index contributed by atoms with van der Waals surface area (Å²) in [6.45, 7) is 21.3. The first-order valence-electron chi connectivity index (χ1n) is 9.79. The van der Waals surface area contributed by atoms with Crippen LogP contribution in [0.2, 0.25) is 0 Å². The second kappa shape index (κ2) is 7.41. The molecule has 0 aliphatic heterocycles. The van der Waals surface area contributed by atoms with Crippen molar-refractivity contribution >= 4 is 0 Å². The lowest BCUT2D eigenvalue weighted by molar-refractivity contribution is 0.366. The van der Waals surface area contributed by atoms with Crippen molar-refractivity contribution in [1.29, 1.82) is 0 Å². The van der Waals surface area contributed by atoms with Gasteiger partial charge in [0.25, 0.3) is 0 Å². The molecule has 0 N–H and O–H groups in total. The van der Waals surface area contributed by atoms with Crippen molar-refractivity contribution in [2.24, 2.45) is 0 Å². The van der Waals surface area contributed by atoms with Gasteiger partial charge in [-0.3, -0.25) is 0 Å². The van der Waals surface area contributed by atoms with Crippen molar-refractivity contribution < 1.29 is 0 Å². The lowest BCUT2D eigenvalue weighted by Crippen LogP contribution is -2.30. The molecule has 0 aliphatic rings. The summed E-state index contributed by atoms with van der Waals surface area (Å²) in [6.07, 6.45) is 6.04. The molecule has 0 unspecified atom stereocenters. The normalized spacial score (nSPS) is 13.4. The zero-order chi connectivity index (χ0) is 17.9. The highest BCUT2D eigenvalue weighted by Gasteiger charge is 2.34. The van der Waals surface area contributed by atoms with Crippen LogP contribution in [0.4, 0.5) is 0 Å². The van der Waals surface area contributed by atoms with Gasteiger partial charge in [0.05, 0.1) is 0 Å². The van der Waals surface area contributed by atoms with Gasteiger partial charge in [-0.05, 0) is 65.0 Å². The molecule has 0 spiro atoms. The largest absolute Gasteiger partial charge is 0.0646 e. The Kier molecular flexibility index (Phi) is 6.53. The lowest BCUT2D eigenvalue weighted by Gasteiger charge is -2.39. The van der Waals surface area contributed by atoms with E-state index in [0.717, 1.165) is 0 Å². The predicted molar refractivity (Wildman–Crippen MR) is 106 cm³/mol. The first kappa shape index (κ1) is 20.3. The second-order valence-electron chi connectivity index (χ2n) is 8.58. The molecule has 1 aromatic rings. The maximum atomic E-state index is 2.54. The molecule has 1 aromatic carbocycles. The third-order valence-corrected chi connectivity index (χ3v) is 6.90. The number of benzene rings is 1. The summed E-state index contributed by atoms with van der Waals surface area (Å²) in [5.41, 5.74) is 5.51. The van der Waals surface area contributed by atoms with Crippen molar-refractivity contribution in [3.05, 3.63) is 34.9 Å². The number of rotatable bonds is 8. The highest BCUT2D eigenvalue weighted by Crippen LogP contribution is 2.43. The molecular weight excluding hydrogens is 276 g/mol. The molecule has 23 heavy (non-hydrogen) atoms. The van der Waals surface area contributed by atoms with Crippen LogP contribution >= 0.6 is 0 Å². The minimum atomic E-state index is 0.236. The third kappa shape index (κ3) is 3.83.